The highest BCUT2D eigenvalue weighted by atomic mass is 16.6. The van der Waals surface area contributed by atoms with Crippen molar-refractivity contribution in [3.05, 3.63) is 95.6 Å². The van der Waals surface area contributed by atoms with Gasteiger partial charge in [0.05, 0.1) is 6.42 Å². The first-order valence-corrected chi connectivity index (χ1v) is 19.9. The van der Waals surface area contributed by atoms with E-state index in [0.29, 0.717) is 5.56 Å². The number of carbonyl (C=O) groups excluding carboxylic acids is 8. The van der Waals surface area contributed by atoms with Crippen molar-refractivity contribution in [2.75, 3.05) is 13.2 Å². The molecule has 1 aliphatic heterocycles. The highest BCUT2D eigenvalue weighted by molar-refractivity contribution is 5.87. The molecule has 1 heterocycles. The van der Waals surface area contributed by atoms with Gasteiger partial charge in [-0.2, -0.15) is 0 Å². The molecule has 1 aliphatic carbocycles. The van der Waals surface area contributed by atoms with Crippen LogP contribution in [0.15, 0.2) is 78.9 Å². The fourth-order valence-electron chi connectivity index (χ4n) is 7.28. The lowest BCUT2D eigenvalue weighted by molar-refractivity contribution is -0.228. The lowest BCUT2D eigenvalue weighted by Gasteiger charge is -2.45. The van der Waals surface area contributed by atoms with Crippen molar-refractivity contribution < 1.29 is 66.8 Å². The van der Waals surface area contributed by atoms with Crippen LogP contribution in [0.2, 0.25) is 0 Å². The Bertz CT molecular complexity index is 2080. The lowest BCUT2D eigenvalue weighted by Crippen LogP contribution is -2.69. The predicted molar refractivity (Wildman–Crippen MR) is 217 cm³/mol. The molecule has 2 aliphatic rings. The molecular formula is C44H50N4O14. The van der Waals surface area contributed by atoms with Gasteiger partial charge >= 0.3 is 30.0 Å². The summed E-state index contributed by atoms with van der Waals surface area (Å²) >= 11 is 0. The zero-order chi connectivity index (χ0) is 44.9. The SMILES string of the molecule is CC(=O)N[C@@H]1[C@@H](OC(C)=O)[C@H](OC(C)=O)[C@@H](COC(C)=O)O[C@H]1NC(=O)C[C@@H](CC(=O)OCc1ccccc1)NC(=O)[C@H](C)NC(=O)OCC1c2ccccc2-c2ccccc21. The lowest BCUT2D eigenvalue weighted by atomic mass is 9.94. The van der Waals surface area contributed by atoms with E-state index in [9.17, 15) is 38.4 Å². The average molecular weight is 859 g/mol. The van der Waals surface area contributed by atoms with E-state index in [1.807, 2.05) is 48.5 Å². The smallest absolute Gasteiger partial charge is 0.407 e. The summed E-state index contributed by atoms with van der Waals surface area (Å²) in [6.45, 7) is 5.23. The molecule has 0 radical (unpaired) electrons. The Hall–Kier alpha value is -6.82. The summed E-state index contributed by atoms with van der Waals surface area (Å²) in [6.07, 6.45) is -7.61. The maximum absolute atomic E-state index is 13.8. The van der Waals surface area contributed by atoms with Gasteiger partial charge in [0.25, 0.3) is 0 Å². The minimum absolute atomic E-state index is 0.00532. The monoisotopic (exact) mass is 858 g/mol. The Morgan fingerprint density at radius 2 is 1.24 bits per heavy atom. The number of esters is 4. The summed E-state index contributed by atoms with van der Waals surface area (Å²) in [6, 6.07) is 20.7. The van der Waals surface area contributed by atoms with Gasteiger partial charge in [0.15, 0.2) is 18.4 Å². The number of rotatable bonds is 17. The van der Waals surface area contributed by atoms with E-state index in [4.69, 9.17) is 28.4 Å². The average Bonchev–Trinajstić information content (AvgIpc) is 3.53. The van der Waals surface area contributed by atoms with Gasteiger partial charge in [-0.15, -0.1) is 0 Å². The second kappa shape index (κ2) is 21.6. The van der Waals surface area contributed by atoms with Crippen LogP contribution < -0.4 is 21.3 Å². The van der Waals surface area contributed by atoms with Crippen molar-refractivity contribution in [1.82, 2.24) is 21.3 Å². The van der Waals surface area contributed by atoms with Gasteiger partial charge in [0, 0.05) is 46.1 Å². The van der Waals surface area contributed by atoms with Crippen LogP contribution in [0.25, 0.3) is 11.1 Å². The van der Waals surface area contributed by atoms with Crippen molar-refractivity contribution in [1.29, 1.82) is 0 Å². The maximum atomic E-state index is 13.8. The number of amides is 4. The Balaban J connectivity index is 1.29. The molecule has 0 spiro atoms. The summed E-state index contributed by atoms with van der Waals surface area (Å²) in [7, 11) is 0. The van der Waals surface area contributed by atoms with Crippen molar-refractivity contribution in [2.24, 2.45) is 0 Å². The van der Waals surface area contributed by atoms with E-state index in [-0.39, 0.29) is 19.1 Å². The number of fused-ring (bicyclic) bond motifs is 3. The molecular weight excluding hydrogens is 808 g/mol. The van der Waals surface area contributed by atoms with E-state index in [2.05, 4.69) is 21.3 Å². The van der Waals surface area contributed by atoms with Gasteiger partial charge in [-0.1, -0.05) is 78.9 Å². The topological polar surface area (TPSA) is 240 Å². The molecule has 1 fully saturated rings. The molecule has 4 N–H and O–H groups in total. The predicted octanol–water partition coefficient (Wildman–Crippen LogP) is 2.69. The first kappa shape index (κ1) is 46.2. The quantitative estimate of drug-likeness (QED) is 0.113. The summed E-state index contributed by atoms with van der Waals surface area (Å²) in [5, 5.41) is 10.3. The number of carbonyl (C=O) groups is 8. The van der Waals surface area contributed by atoms with E-state index >= 15 is 0 Å². The molecule has 0 bridgehead atoms. The van der Waals surface area contributed by atoms with Crippen LogP contribution in [0, 0.1) is 0 Å². The molecule has 0 aromatic heterocycles. The molecule has 4 amide bonds. The Morgan fingerprint density at radius 3 is 1.84 bits per heavy atom. The van der Waals surface area contributed by atoms with Gasteiger partial charge in [0.2, 0.25) is 17.7 Å². The third-order valence-electron chi connectivity index (χ3n) is 9.93. The first-order valence-electron chi connectivity index (χ1n) is 19.9. The van der Waals surface area contributed by atoms with Crippen molar-refractivity contribution in [3.8, 4) is 11.1 Å². The van der Waals surface area contributed by atoms with Crippen LogP contribution in [0.1, 0.15) is 70.1 Å². The number of hydrogen-bond donors (Lipinski definition) is 4. The van der Waals surface area contributed by atoms with Crippen molar-refractivity contribution in [3.63, 3.8) is 0 Å². The highest BCUT2D eigenvalue weighted by Crippen LogP contribution is 2.44. The molecule has 62 heavy (non-hydrogen) atoms. The Morgan fingerprint density at radius 1 is 0.645 bits per heavy atom. The van der Waals surface area contributed by atoms with E-state index < -0.39 is 110 Å². The maximum Gasteiger partial charge on any atom is 0.407 e. The molecule has 5 rings (SSSR count). The number of benzene rings is 3. The molecule has 0 unspecified atom stereocenters. The minimum Gasteiger partial charge on any atom is -0.463 e. The fraction of sp³-hybridized carbons (Fsp3) is 0.409. The molecule has 330 valence electrons. The Kier molecular flexibility index (Phi) is 16.1. The van der Waals surface area contributed by atoms with Gasteiger partial charge in [-0.05, 0) is 34.7 Å². The Labute approximate surface area is 357 Å². The second-order valence-corrected chi connectivity index (χ2v) is 14.8. The summed E-state index contributed by atoms with van der Waals surface area (Å²) < 4.78 is 33.0. The number of nitrogens with one attached hydrogen (secondary N) is 4. The van der Waals surface area contributed by atoms with Crippen LogP contribution in [0.3, 0.4) is 0 Å². The molecule has 18 nitrogen and oxygen atoms in total. The van der Waals surface area contributed by atoms with E-state index in [1.165, 1.54) is 6.92 Å². The van der Waals surface area contributed by atoms with Gasteiger partial charge in [0.1, 0.15) is 38.0 Å². The number of alkyl carbamates (subject to hydrolysis) is 1. The highest BCUT2D eigenvalue weighted by Gasteiger charge is 2.51. The van der Waals surface area contributed by atoms with Crippen LogP contribution in [0.4, 0.5) is 4.79 Å². The van der Waals surface area contributed by atoms with Crippen LogP contribution in [-0.2, 0) is 68.6 Å². The normalized spacial score (nSPS) is 19.8. The van der Waals surface area contributed by atoms with Gasteiger partial charge in [-0.25, -0.2) is 4.79 Å². The number of ether oxygens (including phenoxy) is 6. The van der Waals surface area contributed by atoms with Crippen LogP contribution >= 0.6 is 0 Å². The van der Waals surface area contributed by atoms with Crippen LogP contribution in [0.5, 0.6) is 0 Å². The molecule has 18 heteroatoms. The third-order valence-corrected chi connectivity index (χ3v) is 9.93. The third kappa shape index (κ3) is 12.8. The summed E-state index contributed by atoms with van der Waals surface area (Å²) in [5.41, 5.74) is 4.78. The zero-order valence-electron chi connectivity index (χ0n) is 34.9. The molecule has 1 saturated heterocycles. The van der Waals surface area contributed by atoms with E-state index in [1.54, 1.807) is 30.3 Å². The van der Waals surface area contributed by atoms with E-state index in [0.717, 1.165) is 49.9 Å². The molecule has 7 atom stereocenters. The van der Waals surface area contributed by atoms with Gasteiger partial charge in [-0.3, -0.25) is 33.6 Å². The van der Waals surface area contributed by atoms with Gasteiger partial charge < -0.3 is 49.7 Å². The second-order valence-electron chi connectivity index (χ2n) is 14.8. The zero-order valence-corrected chi connectivity index (χ0v) is 34.9. The molecule has 3 aromatic rings. The summed E-state index contributed by atoms with van der Waals surface area (Å²) in [4.78, 5) is 102. The van der Waals surface area contributed by atoms with Crippen LogP contribution in [-0.4, -0.2) is 104 Å². The molecule has 3 aromatic carbocycles. The minimum atomic E-state index is -1.50. The fourth-order valence-corrected chi connectivity index (χ4v) is 7.28. The molecule has 0 saturated carbocycles. The van der Waals surface area contributed by atoms with Crippen molar-refractivity contribution in [2.45, 2.75) is 103 Å². The number of hydrogen-bond acceptors (Lipinski definition) is 14. The largest absolute Gasteiger partial charge is 0.463 e. The first-order chi connectivity index (χ1) is 29.6. The van der Waals surface area contributed by atoms with Crippen molar-refractivity contribution >= 4 is 47.7 Å². The summed E-state index contributed by atoms with van der Waals surface area (Å²) in [5.74, 6) is -5.60. The standard InChI is InChI=1S/C44H50N4O14/c1-24(45-44(56)59-22-35-33-17-11-9-15-31(33)32-16-10-12-18-34(32)35)42(55)47-30(20-38(54)58-21-29-13-7-6-8-14-29)19-37(53)48-43-39(46-25(2)49)41(61-28(5)52)40(60-27(4)51)36(62-43)23-57-26(3)50/h6-18,24,30,35-36,39-41,43H,19-23H2,1-5H3,(H,45,56)(H,46,49)(H,47,55)(H,48,53)/t24-,30-,36+,39+,40+,41+,43+/m0/s1.